The summed E-state index contributed by atoms with van der Waals surface area (Å²) in [6.45, 7) is 6.36. The topological polar surface area (TPSA) is 29.9 Å². The minimum absolute atomic E-state index is 0.400. The standard InChI is InChI=1S/C11H19N3/c1-9(2)14-8-11(7-13-14)6-5-10(3)12-4/h5-10,12H,1-4H3/b6-5+. The number of hydrogen-bond acceptors (Lipinski definition) is 2. The Morgan fingerprint density at radius 3 is 2.64 bits per heavy atom. The molecule has 3 nitrogen and oxygen atoms in total. The molecule has 0 aromatic carbocycles. The van der Waals surface area contributed by atoms with E-state index < -0.39 is 0 Å². The lowest BCUT2D eigenvalue weighted by Gasteiger charge is -2.03. The molecule has 0 aliphatic carbocycles. The van der Waals surface area contributed by atoms with Gasteiger partial charge in [0.25, 0.3) is 0 Å². The van der Waals surface area contributed by atoms with E-state index in [0.717, 1.165) is 5.56 Å². The Morgan fingerprint density at radius 2 is 2.14 bits per heavy atom. The van der Waals surface area contributed by atoms with Gasteiger partial charge in [0, 0.05) is 23.8 Å². The van der Waals surface area contributed by atoms with Crippen LogP contribution in [0.2, 0.25) is 0 Å². The van der Waals surface area contributed by atoms with Crippen molar-refractivity contribution in [3.05, 3.63) is 24.0 Å². The number of aromatic nitrogens is 2. The molecule has 1 heterocycles. The van der Waals surface area contributed by atoms with Crippen LogP contribution in [0.3, 0.4) is 0 Å². The van der Waals surface area contributed by atoms with Crippen LogP contribution >= 0.6 is 0 Å². The quantitative estimate of drug-likeness (QED) is 0.793. The van der Waals surface area contributed by atoms with Crippen molar-refractivity contribution in [3.8, 4) is 0 Å². The molecule has 3 heteroatoms. The second-order valence-electron chi connectivity index (χ2n) is 3.78. The molecular weight excluding hydrogens is 174 g/mol. The van der Waals surface area contributed by atoms with Gasteiger partial charge in [-0.2, -0.15) is 5.10 Å². The minimum atomic E-state index is 0.400. The summed E-state index contributed by atoms with van der Waals surface area (Å²) in [6, 6.07) is 0.830. The molecule has 0 aliphatic heterocycles. The van der Waals surface area contributed by atoms with Gasteiger partial charge in [-0.3, -0.25) is 4.68 Å². The number of likely N-dealkylation sites (N-methyl/N-ethyl adjacent to an activating group) is 1. The van der Waals surface area contributed by atoms with E-state index in [9.17, 15) is 0 Å². The van der Waals surface area contributed by atoms with E-state index in [-0.39, 0.29) is 0 Å². The Labute approximate surface area is 85.8 Å². The zero-order chi connectivity index (χ0) is 10.6. The van der Waals surface area contributed by atoms with Crippen molar-refractivity contribution >= 4 is 6.08 Å². The second kappa shape index (κ2) is 4.96. The van der Waals surface area contributed by atoms with Crippen LogP contribution in [0, 0.1) is 0 Å². The maximum absolute atomic E-state index is 4.26. The van der Waals surface area contributed by atoms with Crippen molar-refractivity contribution in [1.82, 2.24) is 15.1 Å². The van der Waals surface area contributed by atoms with Crippen LogP contribution in [0.5, 0.6) is 0 Å². The molecule has 1 aromatic heterocycles. The molecular formula is C11H19N3. The van der Waals surface area contributed by atoms with Crippen LogP contribution in [0.1, 0.15) is 32.4 Å². The summed E-state index contributed by atoms with van der Waals surface area (Å²) in [4.78, 5) is 0. The number of hydrogen-bond donors (Lipinski definition) is 1. The van der Waals surface area contributed by atoms with Gasteiger partial charge in [0.2, 0.25) is 0 Å². The van der Waals surface area contributed by atoms with E-state index in [1.54, 1.807) is 0 Å². The second-order valence-corrected chi connectivity index (χ2v) is 3.78. The highest BCUT2D eigenvalue weighted by Gasteiger charge is 1.98. The average Bonchev–Trinajstić information content (AvgIpc) is 2.62. The van der Waals surface area contributed by atoms with Gasteiger partial charge >= 0.3 is 0 Å². The highest BCUT2D eigenvalue weighted by atomic mass is 15.3. The average molecular weight is 193 g/mol. The van der Waals surface area contributed by atoms with Crippen LogP contribution in [0.25, 0.3) is 6.08 Å². The first kappa shape index (κ1) is 11.0. The fourth-order valence-electron chi connectivity index (χ4n) is 1.07. The van der Waals surface area contributed by atoms with Crippen LogP contribution in [-0.2, 0) is 0 Å². The van der Waals surface area contributed by atoms with Crippen LogP contribution in [-0.4, -0.2) is 22.9 Å². The minimum Gasteiger partial charge on any atom is -0.314 e. The zero-order valence-corrected chi connectivity index (χ0v) is 9.36. The first-order valence-electron chi connectivity index (χ1n) is 5.03. The molecule has 1 aromatic rings. The molecule has 0 spiro atoms. The highest BCUT2D eigenvalue weighted by molar-refractivity contribution is 5.47. The fraction of sp³-hybridized carbons (Fsp3) is 0.545. The van der Waals surface area contributed by atoms with Crippen LogP contribution in [0.4, 0.5) is 0 Å². The van der Waals surface area contributed by atoms with Crippen molar-refractivity contribution < 1.29 is 0 Å². The first-order chi connectivity index (χ1) is 6.63. The van der Waals surface area contributed by atoms with Gasteiger partial charge in [-0.15, -0.1) is 0 Å². The molecule has 0 aliphatic rings. The third-order valence-corrected chi connectivity index (χ3v) is 2.18. The van der Waals surface area contributed by atoms with E-state index in [1.165, 1.54) is 0 Å². The molecule has 0 saturated carbocycles. The zero-order valence-electron chi connectivity index (χ0n) is 9.36. The molecule has 1 unspecified atom stereocenters. The van der Waals surface area contributed by atoms with Gasteiger partial charge in [0.15, 0.2) is 0 Å². The molecule has 1 atom stereocenters. The van der Waals surface area contributed by atoms with Crippen molar-refractivity contribution in [2.75, 3.05) is 7.05 Å². The lowest BCUT2D eigenvalue weighted by atomic mass is 10.2. The molecule has 1 rings (SSSR count). The third kappa shape index (κ3) is 3.00. The summed E-state index contributed by atoms with van der Waals surface area (Å²) >= 11 is 0. The summed E-state index contributed by atoms with van der Waals surface area (Å²) in [7, 11) is 1.95. The highest BCUT2D eigenvalue weighted by Crippen LogP contribution is 2.06. The molecule has 0 radical (unpaired) electrons. The first-order valence-corrected chi connectivity index (χ1v) is 5.03. The van der Waals surface area contributed by atoms with Gasteiger partial charge in [-0.1, -0.05) is 12.2 Å². The molecule has 0 saturated heterocycles. The monoisotopic (exact) mass is 193 g/mol. The molecule has 78 valence electrons. The third-order valence-electron chi connectivity index (χ3n) is 2.18. The van der Waals surface area contributed by atoms with Crippen molar-refractivity contribution in [2.24, 2.45) is 0 Å². The van der Waals surface area contributed by atoms with Gasteiger partial charge < -0.3 is 5.32 Å². The molecule has 0 fully saturated rings. The van der Waals surface area contributed by atoms with Gasteiger partial charge in [-0.25, -0.2) is 0 Å². The molecule has 14 heavy (non-hydrogen) atoms. The van der Waals surface area contributed by atoms with Gasteiger partial charge in [0.05, 0.1) is 6.20 Å². The largest absolute Gasteiger partial charge is 0.314 e. The summed E-state index contributed by atoms with van der Waals surface area (Å²) in [6.07, 6.45) is 8.16. The van der Waals surface area contributed by atoms with Gasteiger partial charge in [-0.05, 0) is 27.8 Å². The maximum atomic E-state index is 4.26. The van der Waals surface area contributed by atoms with Crippen molar-refractivity contribution in [3.63, 3.8) is 0 Å². The molecule has 1 N–H and O–H groups in total. The predicted octanol–water partition coefficient (Wildman–Crippen LogP) is 2.09. The number of nitrogens with one attached hydrogen (secondary N) is 1. The van der Waals surface area contributed by atoms with E-state index >= 15 is 0 Å². The van der Waals surface area contributed by atoms with Crippen LogP contribution in [0.15, 0.2) is 18.5 Å². The molecule has 0 amide bonds. The van der Waals surface area contributed by atoms with Crippen molar-refractivity contribution in [2.45, 2.75) is 32.9 Å². The van der Waals surface area contributed by atoms with Crippen LogP contribution < -0.4 is 5.32 Å². The number of rotatable bonds is 4. The Kier molecular flexibility index (Phi) is 3.89. The Hall–Kier alpha value is -1.09. The van der Waals surface area contributed by atoms with E-state index in [0.29, 0.717) is 12.1 Å². The Balaban J connectivity index is 2.64. The van der Waals surface area contributed by atoms with Gasteiger partial charge in [0.1, 0.15) is 0 Å². The fourth-order valence-corrected chi connectivity index (χ4v) is 1.07. The Morgan fingerprint density at radius 1 is 1.43 bits per heavy atom. The smallest absolute Gasteiger partial charge is 0.0562 e. The van der Waals surface area contributed by atoms with E-state index in [1.807, 2.05) is 17.9 Å². The summed E-state index contributed by atoms with van der Waals surface area (Å²) < 4.78 is 1.96. The SMILES string of the molecule is CNC(C)/C=C/c1cnn(C(C)C)c1. The summed E-state index contributed by atoms with van der Waals surface area (Å²) in [5.74, 6) is 0. The number of nitrogens with zero attached hydrogens (tertiary/aromatic N) is 2. The lowest BCUT2D eigenvalue weighted by Crippen LogP contribution is -2.17. The maximum Gasteiger partial charge on any atom is 0.0562 e. The summed E-state index contributed by atoms with van der Waals surface area (Å²) in [5, 5.41) is 7.42. The molecule has 0 bridgehead atoms. The predicted molar refractivity (Wildman–Crippen MR) is 60.2 cm³/mol. The lowest BCUT2D eigenvalue weighted by molar-refractivity contribution is 0.532. The summed E-state index contributed by atoms with van der Waals surface area (Å²) in [5.41, 5.74) is 1.15. The van der Waals surface area contributed by atoms with E-state index in [4.69, 9.17) is 0 Å². The van der Waals surface area contributed by atoms with Crippen molar-refractivity contribution in [1.29, 1.82) is 0 Å². The Bertz CT molecular complexity index is 299. The normalized spacial score (nSPS) is 14.1. The van der Waals surface area contributed by atoms with E-state index in [2.05, 4.69) is 49.5 Å².